The number of pyridine rings is 1. The number of aliphatic carboxylic acids is 1. The molecular formula is C29H39N3O7. The summed E-state index contributed by atoms with van der Waals surface area (Å²) in [7, 11) is 1.54. The van der Waals surface area contributed by atoms with E-state index < -0.39 is 11.9 Å². The molecule has 0 radical (unpaired) electrons. The Labute approximate surface area is 229 Å². The van der Waals surface area contributed by atoms with Crippen LogP contribution in [0, 0.1) is 5.92 Å². The molecular weight excluding hydrogens is 502 g/mol. The molecule has 2 aliphatic rings. The summed E-state index contributed by atoms with van der Waals surface area (Å²) >= 11 is 0. The van der Waals surface area contributed by atoms with Gasteiger partial charge in [0.05, 0.1) is 19.6 Å². The van der Waals surface area contributed by atoms with E-state index in [4.69, 9.17) is 14.2 Å². The number of hydrogen-bond donors (Lipinski definition) is 2. The van der Waals surface area contributed by atoms with E-state index in [1.54, 1.807) is 18.2 Å². The fourth-order valence-corrected chi connectivity index (χ4v) is 5.64. The van der Waals surface area contributed by atoms with Gasteiger partial charge in [0.15, 0.2) is 11.5 Å². The molecule has 3 atom stereocenters. The molecule has 3 heterocycles. The van der Waals surface area contributed by atoms with Gasteiger partial charge in [-0.05, 0) is 55.5 Å². The number of aliphatic hydroxyl groups excluding tert-OH is 1. The Bertz CT molecular complexity index is 1110. The van der Waals surface area contributed by atoms with Crippen molar-refractivity contribution in [2.75, 3.05) is 46.7 Å². The predicted octanol–water partition coefficient (Wildman–Crippen LogP) is 2.93. The molecule has 2 aromatic rings. The van der Waals surface area contributed by atoms with E-state index in [-0.39, 0.29) is 37.8 Å². The van der Waals surface area contributed by atoms with Crippen LogP contribution in [-0.4, -0.2) is 89.6 Å². The van der Waals surface area contributed by atoms with Gasteiger partial charge in [0, 0.05) is 50.1 Å². The van der Waals surface area contributed by atoms with Crippen LogP contribution in [-0.2, 0) is 16.0 Å². The zero-order chi connectivity index (χ0) is 27.8. The molecule has 39 heavy (non-hydrogen) atoms. The fraction of sp³-hybridized carbons (Fsp3) is 0.552. The molecule has 2 aliphatic heterocycles. The number of rotatable bonds is 14. The summed E-state index contributed by atoms with van der Waals surface area (Å²) in [6.45, 7) is 3.78. The summed E-state index contributed by atoms with van der Waals surface area (Å²) in [6.07, 6.45) is 5.21. The lowest BCUT2D eigenvalue weighted by Crippen LogP contribution is -2.45. The molecule has 0 spiro atoms. The summed E-state index contributed by atoms with van der Waals surface area (Å²) in [5.74, 6) is -0.530. The van der Waals surface area contributed by atoms with Crippen molar-refractivity contribution < 1.29 is 34.0 Å². The number of methoxy groups -OCH3 is 1. The minimum atomic E-state index is -0.902. The molecule has 1 amide bonds. The second-order valence-corrected chi connectivity index (χ2v) is 10.1. The van der Waals surface area contributed by atoms with Crippen molar-refractivity contribution in [3.8, 4) is 17.2 Å². The number of fused-ring (bicyclic) bond motifs is 1. The van der Waals surface area contributed by atoms with E-state index in [0.29, 0.717) is 56.1 Å². The monoisotopic (exact) mass is 541 g/mol. The number of aliphatic hydroxyl groups is 1. The molecule has 0 unspecified atom stereocenters. The Balaban J connectivity index is 1.63. The maximum absolute atomic E-state index is 13.5. The first kappa shape index (κ1) is 28.6. The third kappa shape index (κ3) is 6.80. The Kier molecular flexibility index (Phi) is 10.00. The van der Waals surface area contributed by atoms with Gasteiger partial charge in [-0.1, -0.05) is 19.4 Å². The number of likely N-dealkylation sites (tertiary alicyclic amines) is 1. The van der Waals surface area contributed by atoms with Gasteiger partial charge in [-0.15, -0.1) is 0 Å². The van der Waals surface area contributed by atoms with E-state index >= 15 is 0 Å². The highest BCUT2D eigenvalue weighted by molar-refractivity contribution is 5.79. The van der Waals surface area contributed by atoms with Gasteiger partial charge in [-0.25, -0.2) is 0 Å². The number of benzene rings is 1. The number of unbranched alkanes of at least 4 members (excludes halogenated alkanes) is 1. The van der Waals surface area contributed by atoms with Gasteiger partial charge in [0.1, 0.15) is 0 Å². The first-order chi connectivity index (χ1) is 19.0. The molecule has 10 heteroatoms. The van der Waals surface area contributed by atoms with Crippen LogP contribution in [0.2, 0.25) is 0 Å². The number of carboxylic acids is 1. The summed E-state index contributed by atoms with van der Waals surface area (Å²) in [5.41, 5.74) is 1.66. The molecule has 2 N–H and O–H groups in total. The Hall–Kier alpha value is -3.37. The number of aromatic nitrogens is 1. The van der Waals surface area contributed by atoms with Gasteiger partial charge in [0.25, 0.3) is 0 Å². The van der Waals surface area contributed by atoms with E-state index in [1.165, 1.54) is 0 Å². The van der Waals surface area contributed by atoms with E-state index in [0.717, 1.165) is 24.1 Å². The fourth-order valence-electron chi connectivity index (χ4n) is 5.64. The first-order valence-electron chi connectivity index (χ1n) is 13.7. The lowest BCUT2D eigenvalue weighted by Gasteiger charge is -2.29. The van der Waals surface area contributed by atoms with Crippen molar-refractivity contribution in [1.29, 1.82) is 0 Å². The largest absolute Gasteiger partial charge is 0.493 e. The maximum atomic E-state index is 13.5. The number of ether oxygens (including phenoxy) is 3. The van der Waals surface area contributed by atoms with Crippen molar-refractivity contribution in [3.63, 3.8) is 0 Å². The van der Waals surface area contributed by atoms with Crippen molar-refractivity contribution in [1.82, 2.24) is 14.8 Å². The van der Waals surface area contributed by atoms with Gasteiger partial charge < -0.3 is 29.3 Å². The summed E-state index contributed by atoms with van der Waals surface area (Å²) in [5, 5.41) is 19.8. The number of amides is 1. The molecule has 1 saturated heterocycles. The Morgan fingerprint density at radius 3 is 2.72 bits per heavy atom. The highest BCUT2D eigenvalue weighted by Crippen LogP contribution is 2.47. The number of hydrogen-bond acceptors (Lipinski definition) is 8. The predicted molar refractivity (Wildman–Crippen MR) is 144 cm³/mol. The zero-order valence-corrected chi connectivity index (χ0v) is 22.8. The molecule has 4 rings (SSSR count). The van der Waals surface area contributed by atoms with Crippen LogP contribution in [0.5, 0.6) is 17.2 Å². The molecule has 10 nitrogen and oxygen atoms in total. The smallest absolute Gasteiger partial charge is 0.308 e. The third-order valence-electron chi connectivity index (χ3n) is 7.62. The quantitative estimate of drug-likeness (QED) is 0.372. The highest BCUT2D eigenvalue weighted by Gasteiger charge is 2.47. The van der Waals surface area contributed by atoms with Gasteiger partial charge in [-0.3, -0.25) is 19.5 Å². The SMILES string of the molecule is CCCCN(CCCO)C(=O)CN1C[C@H](c2cc(OC)c3c(c2)OCO3)[C@@H](C(=O)O)[C@@H]1CCc1ccccn1. The Morgan fingerprint density at radius 1 is 1.21 bits per heavy atom. The van der Waals surface area contributed by atoms with Crippen molar-refractivity contribution in [2.45, 2.75) is 51.0 Å². The number of carbonyl (C=O) groups excluding carboxylic acids is 1. The van der Waals surface area contributed by atoms with Crippen molar-refractivity contribution in [3.05, 3.63) is 47.8 Å². The molecule has 1 fully saturated rings. The maximum Gasteiger partial charge on any atom is 0.308 e. The summed E-state index contributed by atoms with van der Waals surface area (Å²) < 4.78 is 16.7. The minimum absolute atomic E-state index is 0.0153. The average Bonchev–Trinajstić information content (AvgIpc) is 3.56. The van der Waals surface area contributed by atoms with Gasteiger partial charge >= 0.3 is 5.97 Å². The van der Waals surface area contributed by atoms with Gasteiger partial charge in [-0.2, -0.15) is 0 Å². The highest BCUT2D eigenvalue weighted by atomic mass is 16.7. The normalized spacial score (nSPS) is 20.2. The van der Waals surface area contributed by atoms with Crippen LogP contribution in [0.4, 0.5) is 0 Å². The second-order valence-electron chi connectivity index (χ2n) is 10.1. The average molecular weight is 542 g/mol. The Morgan fingerprint density at radius 2 is 2.03 bits per heavy atom. The zero-order valence-electron chi connectivity index (χ0n) is 22.8. The van der Waals surface area contributed by atoms with Crippen molar-refractivity contribution in [2.24, 2.45) is 5.92 Å². The van der Waals surface area contributed by atoms with Crippen LogP contribution < -0.4 is 14.2 Å². The first-order valence-corrected chi connectivity index (χ1v) is 13.7. The topological polar surface area (TPSA) is 122 Å². The molecule has 212 valence electrons. The number of carbonyl (C=O) groups is 2. The summed E-state index contributed by atoms with van der Waals surface area (Å²) in [6, 6.07) is 8.99. The lowest BCUT2D eigenvalue weighted by molar-refractivity contribution is -0.143. The van der Waals surface area contributed by atoms with E-state index in [1.807, 2.05) is 35.2 Å². The van der Waals surface area contributed by atoms with E-state index in [9.17, 15) is 19.8 Å². The summed E-state index contributed by atoms with van der Waals surface area (Å²) in [4.78, 5) is 34.5. The van der Waals surface area contributed by atoms with Crippen LogP contribution in [0.1, 0.15) is 49.8 Å². The van der Waals surface area contributed by atoms with Crippen LogP contribution >= 0.6 is 0 Å². The van der Waals surface area contributed by atoms with Crippen LogP contribution in [0.3, 0.4) is 0 Å². The standard InChI is InChI=1S/C29H39N3O7/c1-3-4-12-31(13-7-14-33)26(34)18-32-17-22(20-15-24(37-2)28-25(16-20)38-19-39-28)27(29(35)36)23(32)10-9-21-8-5-6-11-30-21/h5-6,8,11,15-16,22-23,27,33H,3-4,7,9-10,12-14,17-19H2,1-2H3,(H,35,36)/t22-,23+,27-/m1/s1. The van der Waals surface area contributed by atoms with Gasteiger partial charge in [0.2, 0.25) is 18.4 Å². The molecule has 1 aromatic heterocycles. The molecule has 0 aliphatic carbocycles. The third-order valence-corrected chi connectivity index (χ3v) is 7.62. The van der Waals surface area contributed by atoms with E-state index in [2.05, 4.69) is 11.9 Å². The van der Waals surface area contributed by atoms with Crippen LogP contribution in [0.15, 0.2) is 36.5 Å². The second kappa shape index (κ2) is 13.6. The molecule has 0 saturated carbocycles. The lowest BCUT2D eigenvalue weighted by atomic mass is 9.83. The number of carboxylic acid groups (broad SMARTS) is 1. The van der Waals surface area contributed by atoms with Crippen LogP contribution in [0.25, 0.3) is 0 Å². The number of aryl methyl sites for hydroxylation is 1. The molecule has 0 bridgehead atoms. The molecule has 1 aromatic carbocycles. The number of nitrogens with zero attached hydrogens (tertiary/aromatic N) is 3. The van der Waals surface area contributed by atoms with Crippen molar-refractivity contribution >= 4 is 11.9 Å². The minimum Gasteiger partial charge on any atom is -0.493 e.